The van der Waals surface area contributed by atoms with Crippen molar-refractivity contribution in [2.45, 2.75) is 25.2 Å². The van der Waals surface area contributed by atoms with Crippen molar-refractivity contribution in [3.63, 3.8) is 0 Å². The molecule has 2 N–H and O–H groups in total. The molecular formula is C19H22N2O4S. The van der Waals surface area contributed by atoms with E-state index in [1.807, 2.05) is 24.3 Å². The molecule has 0 radical (unpaired) electrons. The fraction of sp³-hybridized carbons (Fsp3) is 0.316. The molecule has 3 rings (SSSR count). The van der Waals surface area contributed by atoms with E-state index in [1.54, 1.807) is 19.1 Å². The van der Waals surface area contributed by atoms with Crippen LogP contribution in [0.1, 0.15) is 18.1 Å². The van der Waals surface area contributed by atoms with Crippen LogP contribution < -0.4 is 14.8 Å². The first-order chi connectivity index (χ1) is 12.3. The monoisotopic (exact) mass is 374 g/mol. The van der Waals surface area contributed by atoms with Crippen LogP contribution in [-0.2, 0) is 21.2 Å². The number of hydrogen-bond donors (Lipinski definition) is 2. The van der Waals surface area contributed by atoms with Crippen LogP contribution >= 0.6 is 0 Å². The Morgan fingerprint density at radius 3 is 2.77 bits per heavy atom. The number of hydrogen-bond acceptors (Lipinski definition) is 4. The van der Waals surface area contributed by atoms with Crippen LogP contribution in [0.5, 0.6) is 5.75 Å². The fourth-order valence-electron chi connectivity index (χ4n) is 3.00. The number of benzene rings is 2. The van der Waals surface area contributed by atoms with E-state index < -0.39 is 10.0 Å². The molecule has 0 aliphatic carbocycles. The number of para-hydroxylation sites is 1. The first kappa shape index (κ1) is 18.4. The molecule has 1 aliphatic rings. The van der Waals surface area contributed by atoms with Crippen molar-refractivity contribution in [1.82, 2.24) is 4.72 Å². The summed E-state index contributed by atoms with van der Waals surface area (Å²) in [5.41, 5.74) is 2.17. The van der Waals surface area contributed by atoms with E-state index in [2.05, 4.69) is 10.0 Å². The van der Waals surface area contributed by atoms with Gasteiger partial charge in [0.15, 0.2) is 0 Å². The van der Waals surface area contributed by atoms with Crippen LogP contribution in [0.15, 0.2) is 47.4 Å². The highest BCUT2D eigenvalue weighted by molar-refractivity contribution is 7.89. The Hall–Kier alpha value is -2.38. The lowest BCUT2D eigenvalue weighted by Gasteiger charge is -2.25. The van der Waals surface area contributed by atoms with Gasteiger partial charge in [0.2, 0.25) is 15.9 Å². The van der Waals surface area contributed by atoms with Gasteiger partial charge in [-0.1, -0.05) is 24.3 Å². The number of carbonyl (C=O) groups is 1. The SMILES string of the molecule is CC(=O)Nc1ccc(C)c(S(=O)(=O)NCC2COc3ccccc3C2)c1. The van der Waals surface area contributed by atoms with Gasteiger partial charge in [-0.2, -0.15) is 0 Å². The van der Waals surface area contributed by atoms with Crippen molar-refractivity contribution in [1.29, 1.82) is 0 Å². The minimum atomic E-state index is -3.68. The number of nitrogens with one attached hydrogen (secondary N) is 2. The zero-order valence-electron chi connectivity index (χ0n) is 14.8. The summed E-state index contributed by atoms with van der Waals surface area (Å²) in [7, 11) is -3.68. The molecule has 2 aromatic rings. The second-order valence-electron chi connectivity index (χ2n) is 6.50. The lowest BCUT2D eigenvalue weighted by Crippen LogP contribution is -2.35. The Morgan fingerprint density at radius 1 is 1.23 bits per heavy atom. The lowest BCUT2D eigenvalue weighted by molar-refractivity contribution is -0.114. The molecule has 1 heterocycles. The fourth-order valence-corrected chi connectivity index (χ4v) is 4.38. The van der Waals surface area contributed by atoms with Crippen molar-refractivity contribution in [2.24, 2.45) is 5.92 Å². The Bertz CT molecular complexity index is 925. The van der Waals surface area contributed by atoms with Gasteiger partial charge in [0.25, 0.3) is 0 Å². The molecule has 138 valence electrons. The third kappa shape index (κ3) is 4.23. The summed E-state index contributed by atoms with van der Waals surface area (Å²) < 4.78 is 33.8. The minimum absolute atomic E-state index is 0.0681. The largest absolute Gasteiger partial charge is 0.493 e. The van der Waals surface area contributed by atoms with Gasteiger partial charge in [-0.15, -0.1) is 0 Å². The van der Waals surface area contributed by atoms with Crippen LogP contribution in [0.3, 0.4) is 0 Å². The maximum absolute atomic E-state index is 12.7. The minimum Gasteiger partial charge on any atom is -0.493 e. The number of anilines is 1. The molecule has 1 amide bonds. The molecule has 1 atom stereocenters. The molecule has 1 aliphatic heterocycles. The summed E-state index contributed by atoms with van der Waals surface area (Å²) in [6.07, 6.45) is 0.767. The molecule has 0 fully saturated rings. The van der Waals surface area contributed by atoms with Crippen LogP contribution in [-0.4, -0.2) is 27.5 Å². The third-order valence-corrected chi connectivity index (χ3v) is 5.88. The molecule has 0 aromatic heterocycles. The third-order valence-electron chi connectivity index (χ3n) is 4.32. The molecule has 0 saturated carbocycles. The second-order valence-corrected chi connectivity index (χ2v) is 8.24. The number of fused-ring (bicyclic) bond motifs is 1. The van der Waals surface area contributed by atoms with E-state index in [-0.39, 0.29) is 16.7 Å². The molecule has 7 heteroatoms. The van der Waals surface area contributed by atoms with Gasteiger partial charge in [0.05, 0.1) is 11.5 Å². The molecule has 1 unspecified atom stereocenters. The number of amides is 1. The van der Waals surface area contributed by atoms with Gasteiger partial charge < -0.3 is 10.1 Å². The van der Waals surface area contributed by atoms with E-state index in [0.29, 0.717) is 24.4 Å². The van der Waals surface area contributed by atoms with Crippen molar-refractivity contribution < 1.29 is 17.9 Å². The van der Waals surface area contributed by atoms with E-state index >= 15 is 0 Å². The predicted molar refractivity (Wildman–Crippen MR) is 99.8 cm³/mol. The van der Waals surface area contributed by atoms with Crippen molar-refractivity contribution in [3.8, 4) is 5.75 Å². The number of aryl methyl sites for hydroxylation is 1. The molecular weight excluding hydrogens is 352 g/mol. The zero-order chi connectivity index (χ0) is 18.7. The van der Waals surface area contributed by atoms with Crippen LogP contribution in [0, 0.1) is 12.8 Å². The van der Waals surface area contributed by atoms with Gasteiger partial charge in [-0.05, 0) is 42.7 Å². The van der Waals surface area contributed by atoms with Gasteiger partial charge in [0.1, 0.15) is 5.75 Å². The Balaban J connectivity index is 1.71. The average molecular weight is 374 g/mol. The molecule has 26 heavy (non-hydrogen) atoms. The van der Waals surface area contributed by atoms with Crippen molar-refractivity contribution in [3.05, 3.63) is 53.6 Å². The second kappa shape index (κ2) is 7.47. The van der Waals surface area contributed by atoms with Crippen LogP contribution in [0.2, 0.25) is 0 Å². The number of sulfonamides is 1. The summed E-state index contributed by atoms with van der Waals surface area (Å²) in [6.45, 7) is 3.88. The van der Waals surface area contributed by atoms with Gasteiger partial charge in [-0.25, -0.2) is 13.1 Å². The molecule has 0 saturated heterocycles. The lowest BCUT2D eigenvalue weighted by atomic mass is 9.97. The molecule has 0 bridgehead atoms. The van der Waals surface area contributed by atoms with Crippen molar-refractivity contribution in [2.75, 3.05) is 18.5 Å². The van der Waals surface area contributed by atoms with E-state index in [9.17, 15) is 13.2 Å². The first-order valence-electron chi connectivity index (χ1n) is 8.44. The first-order valence-corrected chi connectivity index (χ1v) is 9.92. The summed E-state index contributed by atoms with van der Waals surface area (Å²) in [5, 5.41) is 2.61. The summed E-state index contributed by atoms with van der Waals surface area (Å²) in [5.74, 6) is 0.687. The van der Waals surface area contributed by atoms with E-state index in [1.165, 1.54) is 13.0 Å². The van der Waals surface area contributed by atoms with Gasteiger partial charge in [0, 0.05) is 25.1 Å². The zero-order valence-corrected chi connectivity index (χ0v) is 15.6. The van der Waals surface area contributed by atoms with Gasteiger partial charge >= 0.3 is 0 Å². The number of rotatable bonds is 5. The molecule has 0 spiro atoms. The molecule has 6 nitrogen and oxygen atoms in total. The standard InChI is InChI=1S/C19H22N2O4S/c1-13-7-8-17(21-14(2)22)10-19(13)26(23,24)20-11-15-9-16-5-3-4-6-18(16)25-12-15/h3-8,10,15,20H,9,11-12H2,1-2H3,(H,21,22). The Labute approximate surface area is 153 Å². The maximum Gasteiger partial charge on any atom is 0.240 e. The highest BCUT2D eigenvalue weighted by Crippen LogP contribution is 2.27. The van der Waals surface area contributed by atoms with Crippen LogP contribution in [0.25, 0.3) is 0 Å². The summed E-state index contributed by atoms with van der Waals surface area (Å²) in [4.78, 5) is 11.4. The topological polar surface area (TPSA) is 84.5 Å². The number of carbonyl (C=O) groups excluding carboxylic acids is 1. The quantitative estimate of drug-likeness (QED) is 0.842. The van der Waals surface area contributed by atoms with Gasteiger partial charge in [-0.3, -0.25) is 4.79 Å². The number of ether oxygens (including phenoxy) is 1. The highest BCUT2D eigenvalue weighted by Gasteiger charge is 2.23. The Kier molecular flexibility index (Phi) is 5.29. The molecule has 2 aromatic carbocycles. The van der Waals surface area contributed by atoms with Crippen molar-refractivity contribution >= 4 is 21.6 Å². The highest BCUT2D eigenvalue weighted by atomic mass is 32.2. The van der Waals surface area contributed by atoms with Crippen LogP contribution in [0.4, 0.5) is 5.69 Å². The summed E-state index contributed by atoms with van der Waals surface area (Å²) in [6, 6.07) is 12.6. The Morgan fingerprint density at radius 2 is 2.00 bits per heavy atom. The smallest absolute Gasteiger partial charge is 0.240 e. The normalized spacial score (nSPS) is 16.5. The van der Waals surface area contributed by atoms with E-state index in [0.717, 1.165) is 17.7 Å². The van der Waals surface area contributed by atoms with E-state index in [4.69, 9.17) is 4.74 Å². The average Bonchev–Trinajstić information content (AvgIpc) is 2.61. The predicted octanol–water partition coefficient (Wildman–Crippen LogP) is 2.48. The maximum atomic E-state index is 12.7. The summed E-state index contributed by atoms with van der Waals surface area (Å²) >= 11 is 0.